The Balaban J connectivity index is 3.37. The quantitative estimate of drug-likeness (QED) is 0.586. The second kappa shape index (κ2) is 5.52. The summed E-state index contributed by atoms with van der Waals surface area (Å²) in [6.45, 7) is 5.82. The molecule has 0 amide bonds. The van der Waals surface area contributed by atoms with E-state index >= 15 is 0 Å². The predicted octanol–water partition coefficient (Wildman–Crippen LogP) is 0.748. The van der Waals surface area contributed by atoms with Gasteiger partial charge in [-0.05, 0) is 6.42 Å². The van der Waals surface area contributed by atoms with E-state index in [-0.39, 0.29) is 12.5 Å². The van der Waals surface area contributed by atoms with E-state index in [2.05, 4.69) is 0 Å². The highest BCUT2D eigenvalue weighted by molar-refractivity contribution is 4.52. The van der Waals surface area contributed by atoms with Gasteiger partial charge in [0.05, 0.1) is 12.7 Å². The van der Waals surface area contributed by atoms with Gasteiger partial charge in [-0.2, -0.15) is 0 Å². The number of hydrogen-bond acceptors (Lipinski definition) is 3. The summed E-state index contributed by atoms with van der Waals surface area (Å²) in [5.41, 5.74) is 0. The Hall–Kier alpha value is -0.120. The lowest BCUT2D eigenvalue weighted by Crippen LogP contribution is -2.24. The zero-order valence-electron chi connectivity index (χ0n) is 7.45. The smallest absolute Gasteiger partial charge is 0.156 e. The summed E-state index contributed by atoms with van der Waals surface area (Å²) in [6.07, 6.45) is -0.551. The van der Waals surface area contributed by atoms with E-state index in [1.165, 1.54) is 0 Å². The highest BCUT2D eigenvalue weighted by Crippen LogP contribution is 2.03. The lowest BCUT2D eigenvalue weighted by Gasteiger charge is -2.16. The molecule has 0 aliphatic heterocycles. The van der Waals surface area contributed by atoms with Gasteiger partial charge < -0.3 is 14.9 Å². The molecule has 0 spiro atoms. The van der Waals surface area contributed by atoms with E-state index in [1.807, 2.05) is 20.8 Å². The fourth-order valence-electron chi connectivity index (χ4n) is 0.520. The van der Waals surface area contributed by atoms with Crippen LogP contribution in [0.2, 0.25) is 0 Å². The molecule has 0 unspecified atom stereocenters. The molecule has 0 heterocycles. The van der Waals surface area contributed by atoms with Gasteiger partial charge in [-0.1, -0.05) is 20.8 Å². The maximum atomic E-state index is 9.14. The third-order valence-electron chi connectivity index (χ3n) is 1.50. The van der Waals surface area contributed by atoms with Crippen LogP contribution in [0, 0.1) is 5.92 Å². The number of aliphatic hydroxyl groups is 2. The van der Waals surface area contributed by atoms with Gasteiger partial charge in [0, 0.05) is 5.92 Å². The van der Waals surface area contributed by atoms with E-state index in [1.54, 1.807) is 0 Å². The zero-order valence-corrected chi connectivity index (χ0v) is 7.45. The monoisotopic (exact) mass is 162 g/mol. The minimum absolute atomic E-state index is 0.0825. The van der Waals surface area contributed by atoms with Crippen LogP contribution in [0.1, 0.15) is 27.2 Å². The molecule has 0 fully saturated rings. The third kappa shape index (κ3) is 5.18. The van der Waals surface area contributed by atoms with Gasteiger partial charge in [-0.25, -0.2) is 0 Å². The molecular weight excluding hydrogens is 144 g/mol. The molecule has 0 aliphatic rings. The molecule has 3 nitrogen and oxygen atoms in total. The van der Waals surface area contributed by atoms with Crippen LogP contribution in [-0.2, 0) is 4.74 Å². The summed E-state index contributed by atoms with van der Waals surface area (Å²) in [6, 6.07) is 0. The van der Waals surface area contributed by atoms with Gasteiger partial charge in [0.2, 0.25) is 0 Å². The van der Waals surface area contributed by atoms with E-state index in [4.69, 9.17) is 14.9 Å². The molecule has 68 valence electrons. The summed E-state index contributed by atoms with van der Waals surface area (Å²) in [7, 11) is 0. The van der Waals surface area contributed by atoms with Crippen molar-refractivity contribution in [3.63, 3.8) is 0 Å². The van der Waals surface area contributed by atoms with E-state index in [0.717, 1.165) is 0 Å². The first-order valence-electron chi connectivity index (χ1n) is 4.05. The summed E-state index contributed by atoms with van der Waals surface area (Å²) in [5.74, 6) is 0.0825. The largest absolute Gasteiger partial charge is 0.391 e. The Bertz CT molecular complexity index is 93.3. The van der Waals surface area contributed by atoms with Crippen molar-refractivity contribution in [3.8, 4) is 0 Å². The van der Waals surface area contributed by atoms with Crippen LogP contribution in [0.5, 0.6) is 0 Å². The molecule has 11 heavy (non-hydrogen) atoms. The lowest BCUT2D eigenvalue weighted by atomic mass is 10.2. The molecule has 0 aromatic carbocycles. The summed E-state index contributed by atoms with van der Waals surface area (Å²) in [5, 5.41) is 18.2. The molecule has 0 saturated carbocycles. The van der Waals surface area contributed by atoms with Crippen LogP contribution in [0.3, 0.4) is 0 Å². The fourth-order valence-corrected chi connectivity index (χ4v) is 0.520. The standard InChI is InChI=1S/C8H18O3/c1-4-7(9)5-11-8(10)6(2)3/h6-10H,4-5H2,1-3H3/t7-,8-/m0/s1. The molecule has 2 N–H and O–H groups in total. The second-order valence-corrected chi connectivity index (χ2v) is 3.03. The first kappa shape index (κ1) is 10.9. The fraction of sp³-hybridized carbons (Fsp3) is 1.00. The van der Waals surface area contributed by atoms with Crippen molar-refractivity contribution in [1.82, 2.24) is 0 Å². The molecule has 0 bridgehead atoms. The normalized spacial score (nSPS) is 16.9. The highest BCUT2D eigenvalue weighted by Gasteiger charge is 2.10. The average molecular weight is 162 g/mol. The molecule has 0 aliphatic carbocycles. The minimum Gasteiger partial charge on any atom is -0.391 e. The van der Waals surface area contributed by atoms with E-state index in [9.17, 15) is 0 Å². The maximum absolute atomic E-state index is 9.14. The number of aliphatic hydroxyl groups excluding tert-OH is 2. The van der Waals surface area contributed by atoms with Crippen molar-refractivity contribution in [2.45, 2.75) is 39.6 Å². The van der Waals surface area contributed by atoms with Crippen LogP contribution in [0.25, 0.3) is 0 Å². The highest BCUT2D eigenvalue weighted by atomic mass is 16.6. The van der Waals surface area contributed by atoms with Crippen molar-refractivity contribution in [2.24, 2.45) is 5.92 Å². The van der Waals surface area contributed by atoms with Crippen LogP contribution in [0.4, 0.5) is 0 Å². The minimum atomic E-state index is -0.754. The molecule has 2 atom stereocenters. The van der Waals surface area contributed by atoms with Crippen LogP contribution >= 0.6 is 0 Å². The van der Waals surface area contributed by atoms with Gasteiger partial charge in [0.1, 0.15) is 0 Å². The zero-order chi connectivity index (χ0) is 8.85. The predicted molar refractivity (Wildman–Crippen MR) is 43.1 cm³/mol. The van der Waals surface area contributed by atoms with E-state index < -0.39 is 12.4 Å². The molecular formula is C8H18O3. The van der Waals surface area contributed by atoms with Gasteiger partial charge in [-0.3, -0.25) is 0 Å². The molecule has 0 radical (unpaired) electrons. The van der Waals surface area contributed by atoms with Crippen molar-refractivity contribution in [1.29, 1.82) is 0 Å². The number of rotatable bonds is 5. The second-order valence-electron chi connectivity index (χ2n) is 3.03. The summed E-state index contributed by atoms with van der Waals surface area (Å²) >= 11 is 0. The van der Waals surface area contributed by atoms with Gasteiger partial charge in [-0.15, -0.1) is 0 Å². The Morgan fingerprint density at radius 1 is 1.27 bits per heavy atom. The Labute approximate surface area is 68.0 Å². The Morgan fingerprint density at radius 3 is 2.18 bits per heavy atom. The van der Waals surface area contributed by atoms with Crippen LogP contribution < -0.4 is 0 Å². The molecule has 0 aromatic rings. The summed E-state index contributed by atoms with van der Waals surface area (Å²) < 4.78 is 4.96. The van der Waals surface area contributed by atoms with Gasteiger partial charge in [0.15, 0.2) is 6.29 Å². The van der Waals surface area contributed by atoms with Crippen molar-refractivity contribution in [3.05, 3.63) is 0 Å². The third-order valence-corrected chi connectivity index (χ3v) is 1.50. The molecule has 0 aromatic heterocycles. The average Bonchev–Trinajstić information content (AvgIpc) is 1.99. The van der Waals surface area contributed by atoms with Crippen molar-refractivity contribution >= 4 is 0 Å². The summed E-state index contributed by atoms with van der Waals surface area (Å²) in [4.78, 5) is 0. The molecule has 0 rings (SSSR count). The van der Waals surface area contributed by atoms with Crippen LogP contribution in [0.15, 0.2) is 0 Å². The molecule has 0 saturated heterocycles. The van der Waals surface area contributed by atoms with Crippen LogP contribution in [-0.4, -0.2) is 29.2 Å². The van der Waals surface area contributed by atoms with Crippen molar-refractivity contribution in [2.75, 3.05) is 6.61 Å². The van der Waals surface area contributed by atoms with Gasteiger partial charge >= 0.3 is 0 Å². The van der Waals surface area contributed by atoms with E-state index in [0.29, 0.717) is 6.42 Å². The first-order chi connectivity index (χ1) is 5.07. The topological polar surface area (TPSA) is 49.7 Å². The maximum Gasteiger partial charge on any atom is 0.156 e. The first-order valence-corrected chi connectivity index (χ1v) is 4.05. The van der Waals surface area contributed by atoms with Gasteiger partial charge in [0.25, 0.3) is 0 Å². The Kier molecular flexibility index (Phi) is 5.46. The lowest BCUT2D eigenvalue weighted by molar-refractivity contribution is -0.144. The number of hydrogen-bond donors (Lipinski definition) is 2. The number of ether oxygens (including phenoxy) is 1. The SMILES string of the molecule is CC[C@H](O)CO[C@H](O)C(C)C. The Morgan fingerprint density at radius 2 is 1.82 bits per heavy atom. The molecule has 3 heteroatoms. The van der Waals surface area contributed by atoms with Crippen molar-refractivity contribution < 1.29 is 14.9 Å².